The fourth-order valence-corrected chi connectivity index (χ4v) is 3.24. The van der Waals surface area contributed by atoms with Gasteiger partial charge in [0.25, 0.3) is 0 Å². The van der Waals surface area contributed by atoms with Gasteiger partial charge in [-0.3, -0.25) is 0 Å². The Hall–Kier alpha value is -2.75. The van der Waals surface area contributed by atoms with Crippen LogP contribution in [0.4, 0.5) is 13.2 Å². The quantitative estimate of drug-likeness (QED) is 0.356. The van der Waals surface area contributed by atoms with Crippen molar-refractivity contribution in [1.29, 1.82) is 0 Å². The number of hydrogen-bond acceptors (Lipinski definition) is 1. The van der Waals surface area contributed by atoms with Gasteiger partial charge in [-0.25, -0.2) is 8.78 Å². The van der Waals surface area contributed by atoms with Gasteiger partial charge in [-0.05, 0) is 47.7 Å². The minimum absolute atomic E-state index is 0.0212. The first-order chi connectivity index (χ1) is 14.0. The average molecular weight is 398 g/mol. The Morgan fingerprint density at radius 3 is 2.07 bits per heavy atom. The number of ether oxygens (including phenoxy) is 1. The first kappa shape index (κ1) is 21.0. The van der Waals surface area contributed by atoms with E-state index in [-0.39, 0.29) is 16.9 Å². The van der Waals surface area contributed by atoms with Crippen LogP contribution >= 0.6 is 0 Å². The van der Waals surface area contributed by atoms with Crippen LogP contribution in [0.25, 0.3) is 22.3 Å². The Morgan fingerprint density at radius 1 is 0.724 bits per heavy atom. The van der Waals surface area contributed by atoms with Gasteiger partial charge in [-0.2, -0.15) is 4.39 Å². The van der Waals surface area contributed by atoms with Crippen molar-refractivity contribution < 1.29 is 17.9 Å². The molecule has 0 fully saturated rings. The summed E-state index contributed by atoms with van der Waals surface area (Å²) >= 11 is 0. The lowest BCUT2D eigenvalue weighted by molar-refractivity contribution is 0.289. The number of benzene rings is 3. The monoisotopic (exact) mass is 398 g/mol. The minimum Gasteiger partial charge on any atom is -0.490 e. The molecule has 0 atom stereocenters. The fourth-order valence-electron chi connectivity index (χ4n) is 3.24. The second kappa shape index (κ2) is 9.64. The van der Waals surface area contributed by atoms with Crippen molar-refractivity contribution in [2.45, 2.75) is 39.5 Å². The van der Waals surface area contributed by atoms with Crippen molar-refractivity contribution in [3.63, 3.8) is 0 Å². The third kappa shape index (κ3) is 4.81. The Labute approximate surface area is 170 Å². The van der Waals surface area contributed by atoms with E-state index in [0.717, 1.165) is 31.2 Å². The zero-order chi connectivity index (χ0) is 20.8. The Kier molecular flexibility index (Phi) is 6.97. The molecule has 0 saturated heterocycles. The van der Waals surface area contributed by atoms with Crippen LogP contribution in [0.3, 0.4) is 0 Å². The lowest BCUT2D eigenvalue weighted by Crippen LogP contribution is -2.01. The van der Waals surface area contributed by atoms with Crippen LogP contribution in [0.5, 0.6) is 5.75 Å². The molecule has 0 saturated carbocycles. The Balaban J connectivity index is 1.87. The standard InChI is InChI=1S/C25H25F3O/c1-3-5-15-29-23-14-13-21(24(27)25(23)28)20-12-11-19(16-22(20)26)18-9-7-17(6-4-2)8-10-18/h7-14,16H,3-6,15H2,1-2H3. The number of rotatable bonds is 8. The third-order valence-corrected chi connectivity index (χ3v) is 4.89. The van der Waals surface area contributed by atoms with Crippen LogP contribution < -0.4 is 4.74 Å². The maximum Gasteiger partial charge on any atom is 0.201 e. The van der Waals surface area contributed by atoms with Crippen LogP contribution in [-0.2, 0) is 6.42 Å². The van der Waals surface area contributed by atoms with Crippen molar-refractivity contribution in [3.8, 4) is 28.0 Å². The highest BCUT2D eigenvalue weighted by atomic mass is 19.2. The van der Waals surface area contributed by atoms with Gasteiger partial charge in [0.05, 0.1) is 6.61 Å². The van der Waals surface area contributed by atoms with E-state index < -0.39 is 17.5 Å². The molecule has 29 heavy (non-hydrogen) atoms. The zero-order valence-electron chi connectivity index (χ0n) is 16.8. The molecule has 4 heteroatoms. The molecule has 1 nitrogen and oxygen atoms in total. The van der Waals surface area contributed by atoms with Gasteiger partial charge in [0, 0.05) is 11.1 Å². The highest BCUT2D eigenvalue weighted by Crippen LogP contribution is 2.33. The van der Waals surface area contributed by atoms with Crippen molar-refractivity contribution in [3.05, 3.63) is 77.6 Å². The summed E-state index contributed by atoms with van der Waals surface area (Å²) in [5.41, 5.74) is 2.70. The van der Waals surface area contributed by atoms with Gasteiger partial charge < -0.3 is 4.74 Å². The molecule has 3 aromatic carbocycles. The van der Waals surface area contributed by atoms with E-state index in [0.29, 0.717) is 12.2 Å². The highest BCUT2D eigenvalue weighted by molar-refractivity contribution is 5.72. The predicted molar refractivity (Wildman–Crippen MR) is 112 cm³/mol. The van der Waals surface area contributed by atoms with Crippen LogP contribution in [0.15, 0.2) is 54.6 Å². The fraction of sp³-hybridized carbons (Fsp3) is 0.280. The number of halogens is 3. The molecule has 3 aromatic rings. The van der Waals surface area contributed by atoms with Crippen molar-refractivity contribution in [1.82, 2.24) is 0 Å². The maximum atomic E-state index is 14.8. The van der Waals surface area contributed by atoms with Crippen LogP contribution in [0.2, 0.25) is 0 Å². The first-order valence-corrected chi connectivity index (χ1v) is 10.0. The summed E-state index contributed by atoms with van der Waals surface area (Å²) in [5, 5.41) is 0. The normalized spacial score (nSPS) is 10.9. The molecular weight excluding hydrogens is 373 g/mol. The van der Waals surface area contributed by atoms with E-state index in [1.165, 1.54) is 29.8 Å². The van der Waals surface area contributed by atoms with E-state index in [2.05, 4.69) is 6.92 Å². The summed E-state index contributed by atoms with van der Waals surface area (Å²) in [5.74, 6) is -2.94. The summed E-state index contributed by atoms with van der Waals surface area (Å²) in [7, 11) is 0. The average Bonchev–Trinajstić information content (AvgIpc) is 2.73. The second-order valence-corrected chi connectivity index (χ2v) is 7.08. The summed E-state index contributed by atoms with van der Waals surface area (Å²) in [6.07, 6.45) is 3.70. The summed E-state index contributed by atoms with van der Waals surface area (Å²) in [4.78, 5) is 0. The zero-order valence-corrected chi connectivity index (χ0v) is 16.8. The van der Waals surface area contributed by atoms with Crippen LogP contribution in [0, 0.1) is 17.5 Å². The largest absolute Gasteiger partial charge is 0.490 e. The Bertz CT molecular complexity index is 965. The third-order valence-electron chi connectivity index (χ3n) is 4.89. The van der Waals surface area contributed by atoms with E-state index >= 15 is 0 Å². The molecule has 0 aliphatic rings. The number of unbranched alkanes of at least 4 members (excludes halogenated alkanes) is 1. The molecular formula is C25H25F3O. The molecule has 0 aromatic heterocycles. The van der Waals surface area contributed by atoms with Gasteiger partial charge >= 0.3 is 0 Å². The van der Waals surface area contributed by atoms with Crippen molar-refractivity contribution in [2.75, 3.05) is 6.61 Å². The van der Waals surface area contributed by atoms with Gasteiger partial charge in [0.1, 0.15) is 5.82 Å². The summed E-state index contributed by atoms with van der Waals surface area (Å²) < 4.78 is 48.9. The molecule has 0 unspecified atom stereocenters. The van der Waals surface area contributed by atoms with Gasteiger partial charge in [0.2, 0.25) is 5.82 Å². The highest BCUT2D eigenvalue weighted by Gasteiger charge is 2.18. The first-order valence-electron chi connectivity index (χ1n) is 10.0. The molecule has 0 aliphatic heterocycles. The van der Waals surface area contributed by atoms with Crippen LogP contribution in [0.1, 0.15) is 38.7 Å². The lowest BCUT2D eigenvalue weighted by Gasteiger charge is -2.12. The van der Waals surface area contributed by atoms with Gasteiger partial charge in [-0.15, -0.1) is 0 Å². The minimum atomic E-state index is -1.10. The molecule has 0 aliphatic carbocycles. The lowest BCUT2D eigenvalue weighted by atomic mass is 9.98. The van der Waals surface area contributed by atoms with E-state index in [1.807, 2.05) is 31.2 Å². The van der Waals surface area contributed by atoms with Gasteiger partial charge in [-0.1, -0.05) is 63.1 Å². The molecule has 0 amide bonds. The van der Waals surface area contributed by atoms with E-state index in [1.54, 1.807) is 6.07 Å². The SMILES string of the molecule is CCCCOc1ccc(-c2ccc(-c3ccc(CCC)cc3)cc2F)c(F)c1F. The summed E-state index contributed by atoms with van der Waals surface area (Å²) in [6.45, 7) is 4.41. The molecule has 0 N–H and O–H groups in total. The van der Waals surface area contributed by atoms with Crippen LogP contribution in [-0.4, -0.2) is 6.61 Å². The molecule has 0 heterocycles. The second-order valence-electron chi connectivity index (χ2n) is 7.08. The Morgan fingerprint density at radius 2 is 1.41 bits per heavy atom. The molecule has 0 spiro atoms. The van der Waals surface area contributed by atoms with Crippen molar-refractivity contribution in [2.24, 2.45) is 0 Å². The van der Waals surface area contributed by atoms with E-state index in [9.17, 15) is 13.2 Å². The molecule has 0 radical (unpaired) electrons. The van der Waals surface area contributed by atoms with E-state index in [4.69, 9.17) is 4.74 Å². The topological polar surface area (TPSA) is 9.23 Å². The number of hydrogen-bond donors (Lipinski definition) is 0. The van der Waals surface area contributed by atoms with Crippen molar-refractivity contribution >= 4 is 0 Å². The predicted octanol–water partition coefficient (Wildman–Crippen LogP) is 7.57. The smallest absolute Gasteiger partial charge is 0.201 e. The van der Waals surface area contributed by atoms with Gasteiger partial charge in [0.15, 0.2) is 11.6 Å². The number of aryl methyl sites for hydroxylation is 1. The molecule has 3 rings (SSSR count). The molecule has 0 bridgehead atoms. The maximum absolute atomic E-state index is 14.8. The summed E-state index contributed by atoms with van der Waals surface area (Å²) in [6, 6.07) is 15.2. The molecule has 152 valence electrons.